The van der Waals surface area contributed by atoms with Gasteiger partial charge in [0.2, 0.25) is 0 Å². The largest absolute Gasteiger partial charge is 0.478 e. The Bertz CT molecular complexity index is 852. The fraction of sp³-hybridized carbons (Fsp3) is 0.0714. The Hall–Kier alpha value is -2.12. The quantitative estimate of drug-likeness (QED) is 0.892. The van der Waals surface area contributed by atoms with Gasteiger partial charge in [-0.15, -0.1) is 0 Å². The van der Waals surface area contributed by atoms with Crippen LogP contribution in [0.2, 0.25) is 5.02 Å². The van der Waals surface area contributed by atoms with E-state index >= 15 is 0 Å². The first-order valence-electron chi connectivity index (χ1n) is 6.02. The van der Waals surface area contributed by atoms with E-state index in [2.05, 4.69) is 4.72 Å². The molecule has 0 atom stereocenters. The van der Waals surface area contributed by atoms with Gasteiger partial charge in [0, 0.05) is 0 Å². The van der Waals surface area contributed by atoms with Gasteiger partial charge in [-0.05, 0) is 42.8 Å². The zero-order chi connectivity index (χ0) is 16.5. The number of rotatable bonds is 4. The third-order valence-corrected chi connectivity index (χ3v) is 4.76. The van der Waals surface area contributed by atoms with Crippen molar-refractivity contribution in [1.82, 2.24) is 0 Å². The molecule has 2 N–H and O–H groups in total. The van der Waals surface area contributed by atoms with E-state index in [1.54, 1.807) is 6.92 Å². The van der Waals surface area contributed by atoms with Crippen LogP contribution in [-0.4, -0.2) is 19.5 Å². The summed E-state index contributed by atoms with van der Waals surface area (Å²) in [6.07, 6.45) is 0. The van der Waals surface area contributed by atoms with E-state index in [1.807, 2.05) is 0 Å². The maximum absolute atomic E-state index is 13.2. The number of carboxylic acid groups (broad SMARTS) is 1. The van der Waals surface area contributed by atoms with Crippen LogP contribution in [0.3, 0.4) is 0 Å². The van der Waals surface area contributed by atoms with Gasteiger partial charge in [0.15, 0.2) is 0 Å². The monoisotopic (exact) mass is 343 g/mol. The molecule has 0 heterocycles. The maximum atomic E-state index is 13.2. The summed E-state index contributed by atoms with van der Waals surface area (Å²) in [5, 5.41) is 8.80. The fourth-order valence-electron chi connectivity index (χ4n) is 1.75. The number of aryl methyl sites for hydroxylation is 1. The summed E-state index contributed by atoms with van der Waals surface area (Å²) in [4.78, 5) is 10.5. The number of carboxylic acids is 1. The van der Waals surface area contributed by atoms with Crippen molar-refractivity contribution in [1.29, 1.82) is 0 Å². The van der Waals surface area contributed by atoms with Crippen molar-refractivity contribution in [3.63, 3.8) is 0 Å². The normalized spacial score (nSPS) is 11.2. The van der Waals surface area contributed by atoms with Crippen molar-refractivity contribution < 1.29 is 22.7 Å². The first-order valence-corrected chi connectivity index (χ1v) is 7.88. The first-order chi connectivity index (χ1) is 10.2. The van der Waals surface area contributed by atoms with E-state index in [9.17, 15) is 17.6 Å². The highest BCUT2D eigenvalue weighted by Gasteiger charge is 2.21. The van der Waals surface area contributed by atoms with Gasteiger partial charge in [-0.25, -0.2) is 17.6 Å². The van der Waals surface area contributed by atoms with Crippen LogP contribution in [0.5, 0.6) is 0 Å². The van der Waals surface area contributed by atoms with Crippen LogP contribution in [0.4, 0.5) is 10.1 Å². The van der Waals surface area contributed by atoms with E-state index < -0.39 is 26.7 Å². The van der Waals surface area contributed by atoms with Crippen LogP contribution in [-0.2, 0) is 10.0 Å². The summed E-state index contributed by atoms with van der Waals surface area (Å²) >= 11 is 5.84. The Kier molecular flexibility index (Phi) is 4.39. The molecule has 0 saturated carbocycles. The van der Waals surface area contributed by atoms with Crippen molar-refractivity contribution in [2.24, 2.45) is 0 Å². The lowest BCUT2D eigenvalue weighted by atomic mass is 10.2. The van der Waals surface area contributed by atoms with Gasteiger partial charge in [0.1, 0.15) is 10.7 Å². The van der Waals surface area contributed by atoms with E-state index in [-0.39, 0.29) is 16.3 Å². The number of hydrogen-bond donors (Lipinski definition) is 2. The summed E-state index contributed by atoms with van der Waals surface area (Å²) in [6, 6.07) is 6.96. The second-order valence-electron chi connectivity index (χ2n) is 4.52. The summed E-state index contributed by atoms with van der Waals surface area (Å²) in [6.45, 7) is 1.60. The number of carbonyl (C=O) groups is 1. The molecular formula is C14H11ClFNO4S. The second kappa shape index (κ2) is 5.94. The Morgan fingerprint density at radius 3 is 2.55 bits per heavy atom. The van der Waals surface area contributed by atoms with Gasteiger partial charge in [0.05, 0.1) is 16.3 Å². The van der Waals surface area contributed by atoms with E-state index in [4.69, 9.17) is 16.7 Å². The molecule has 0 bridgehead atoms. The number of anilines is 1. The highest BCUT2D eigenvalue weighted by Crippen LogP contribution is 2.26. The summed E-state index contributed by atoms with van der Waals surface area (Å²) in [5.74, 6) is -1.89. The van der Waals surface area contributed by atoms with Crippen LogP contribution in [0.1, 0.15) is 15.9 Å². The van der Waals surface area contributed by atoms with Crippen molar-refractivity contribution in [2.45, 2.75) is 11.8 Å². The van der Waals surface area contributed by atoms with Crippen molar-refractivity contribution in [3.8, 4) is 0 Å². The molecule has 116 valence electrons. The van der Waals surface area contributed by atoms with Crippen molar-refractivity contribution in [3.05, 3.63) is 58.4 Å². The molecule has 5 nitrogen and oxygen atoms in total. The zero-order valence-electron chi connectivity index (χ0n) is 11.3. The Morgan fingerprint density at radius 2 is 1.91 bits per heavy atom. The number of halogens is 2. The summed E-state index contributed by atoms with van der Waals surface area (Å²) in [7, 11) is -4.15. The van der Waals surface area contributed by atoms with Crippen LogP contribution < -0.4 is 4.72 Å². The van der Waals surface area contributed by atoms with Gasteiger partial charge in [0.25, 0.3) is 10.0 Å². The average Bonchev–Trinajstić information content (AvgIpc) is 2.42. The standard InChI is InChI=1S/C14H11ClFNO4S/c1-8-2-4-10(16)7-12(8)17-22(20,21)13-6-9(14(18)19)3-5-11(13)15/h2-7,17H,1H3,(H,18,19). The van der Waals surface area contributed by atoms with E-state index in [0.29, 0.717) is 5.56 Å². The van der Waals surface area contributed by atoms with Gasteiger partial charge >= 0.3 is 5.97 Å². The molecule has 0 fully saturated rings. The first kappa shape index (κ1) is 16.3. The molecule has 0 aliphatic heterocycles. The minimum absolute atomic E-state index is 0.0526. The molecule has 2 aromatic carbocycles. The minimum Gasteiger partial charge on any atom is -0.478 e. The van der Waals surface area contributed by atoms with Crippen molar-refractivity contribution in [2.75, 3.05) is 4.72 Å². The topological polar surface area (TPSA) is 83.5 Å². The lowest BCUT2D eigenvalue weighted by Crippen LogP contribution is -2.15. The molecule has 22 heavy (non-hydrogen) atoms. The number of hydrogen-bond acceptors (Lipinski definition) is 3. The number of sulfonamides is 1. The smallest absolute Gasteiger partial charge is 0.335 e. The van der Waals surface area contributed by atoms with Crippen LogP contribution in [0, 0.1) is 12.7 Å². The van der Waals surface area contributed by atoms with Gasteiger partial charge in [-0.1, -0.05) is 17.7 Å². The lowest BCUT2D eigenvalue weighted by Gasteiger charge is -2.12. The number of benzene rings is 2. The molecule has 0 amide bonds. The van der Waals surface area contributed by atoms with Crippen LogP contribution >= 0.6 is 11.6 Å². The van der Waals surface area contributed by atoms with Crippen LogP contribution in [0.15, 0.2) is 41.3 Å². The maximum Gasteiger partial charge on any atom is 0.335 e. The number of aromatic carboxylic acids is 1. The van der Waals surface area contributed by atoms with E-state index in [0.717, 1.165) is 12.1 Å². The Labute approximate surface area is 131 Å². The average molecular weight is 344 g/mol. The molecular weight excluding hydrogens is 333 g/mol. The van der Waals surface area contributed by atoms with E-state index in [1.165, 1.54) is 24.3 Å². The highest BCUT2D eigenvalue weighted by atomic mass is 35.5. The lowest BCUT2D eigenvalue weighted by molar-refractivity contribution is 0.0696. The van der Waals surface area contributed by atoms with Gasteiger partial charge in [-0.3, -0.25) is 4.72 Å². The third-order valence-electron chi connectivity index (χ3n) is 2.91. The summed E-state index contributed by atoms with van der Waals surface area (Å²) in [5.41, 5.74) is 0.341. The molecule has 0 spiro atoms. The van der Waals surface area contributed by atoms with Crippen LogP contribution in [0.25, 0.3) is 0 Å². The Balaban J connectivity index is 2.49. The minimum atomic E-state index is -4.15. The van der Waals surface area contributed by atoms with Gasteiger partial charge < -0.3 is 5.11 Å². The molecule has 8 heteroatoms. The molecule has 2 rings (SSSR count). The van der Waals surface area contributed by atoms with Crippen molar-refractivity contribution >= 4 is 33.3 Å². The van der Waals surface area contributed by atoms with Gasteiger partial charge in [-0.2, -0.15) is 0 Å². The second-order valence-corrected chi connectivity index (χ2v) is 6.57. The predicted molar refractivity (Wildman–Crippen MR) is 80.4 cm³/mol. The predicted octanol–water partition coefficient (Wildman–Crippen LogP) is 3.29. The highest BCUT2D eigenvalue weighted by molar-refractivity contribution is 7.92. The zero-order valence-corrected chi connectivity index (χ0v) is 12.9. The molecule has 0 aromatic heterocycles. The fourth-order valence-corrected chi connectivity index (χ4v) is 3.39. The summed E-state index contributed by atoms with van der Waals surface area (Å²) < 4.78 is 40.1. The molecule has 0 unspecified atom stereocenters. The molecule has 0 aliphatic rings. The molecule has 2 aromatic rings. The molecule has 0 radical (unpaired) electrons. The Morgan fingerprint density at radius 1 is 1.23 bits per heavy atom. The third kappa shape index (κ3) is 3.37. The number of nitrogens with one attached hydrogen (secondary N) is 1. The SMILES string of the molecule is Cc1ccc(F)cc1NS(=O)(=O)c1cc(C(=O)O)ccc1Cl. The molecule has 0 saturated heterocycles. The molecule has 0 aliphatic carbocycles.